The molecule has 3 rings (SSSR count). The van der Waals surface area contributed by atoms with Crippen LogP contribution in [0.5, 0.6) is 5.75 Å². The van der Waals surface area contributed by atoms with Crippen LogP contribution in [0, 0.1) is 6.92 Å². The van der Waals surface area contributed by atoms with E-state index in [2.05, 4.69) is 15.3 Å². The average Bonchev–Trinajstić information content (AvgIpc) is 2.62. The zero-order valence-corrected chi connectivity index (χ0v) is 15.3. The van der Waals surface area contributed by atoms with Crippen LogP contribution >= 0.6 is 0 Å². The second-order valence-electron chi connectivity index (χ2n) is 6.48. The van der Waals surface area contributed by atoms with Crippen molar-refractivity contribution >= 4 is 17.5 Å². The van der Waals surface area contributed by atoms with Crippen molar-refractivity contribution in [3.63, 3.8) is 0 Å². The lowest BCUT2D eigenvalue weighted by Crippen LogP contribution is -2.46. The molecule has 144 valence electrons. The molecule has 0 spiro atoms. The highest BCUT2D eigenvalue weighted by Gasteiger charge is 2.37. The van der Waals surface area contributed by atoms with Crippen LogP contribution in [0.25, 0.3) is 0 Å². The number of nitrogens with one attached hydrogen (secondary N) is 1. The fourth-order valence-corrected chi connectivity index (χ4v) is 2.97. The Morgan fingerprint density at radius 1 is 1.33 bits per heavy atom. The number of rotatable bonds is 5. The maximum Gasteiger partial charge on any atom is 0.273 e. The van der Waals surface area contributed by atoms with Crippen molar-refractivity contribution in [3.05, 3.63) is 41.7 Å². The number of hydrogen-bond acceptors (Lipinski definition) is 5. The summed E-state index contributed by atoms with van der Waals surface area (Å²) in [7, 11) is 0. The van der Waals surface area contributed by atoms with Crippen molar-refractivity contribution in [2.75, 3.05) is 25.0 Å². The van der Waals surface area contributed by atoms with Crippen LogP contribution in [0.4, 0.5) is 20.4 Å². The second-order valence-corrected chi connectivity index (χ2v) is 6.48. The van der Waals surface area contributed by atoms with Crippen molar-refractivity contribution in [2.24, 2.45) is 0 Å². The number of halogens is 2. The van der Waals surface area contributed by atoms with Crippen molar-refractivity contribution in [1.29, 1.82) is 0 Å². The summed E-state index contributed by atoms with van der Waals surface area (Å²) in [6.07, 6.45) is 1.69. The van der Waals surface area contributed by atoms with E-state index in [9.17, 15) is 13.6 Å². The highest BCUT2D eigenvalue weighted by molar-refractivity contribution is 5.94. The Balaban J connectivity index is 1.80. The smallest absolute Gasteiger partial charge is 0.273 e. The van der Waals surface area contributed by atoms with Gasteiger partial charge in [-0.05, 0) is 38.0 Å². The molecule has 27 heavy (non-hydrogen) atoms. The molecule has 2 aromatic heterocycles. The summed E-state index contributed by atoms with van der Waals surface area (Å²) < 4.78 is 32.7. The van der Waals surface area contributed by atoms with Crippen molar-refractivity contribution in [3.8, 4) is 5.75 Å². The number of alkyl halides is 2. The summed E-state index contributed by atoms with van der Waals surface area (Å²) in [6, 6.07) is 6.91. The first-order valence-electron chi connectivity index (χ1n) is 8.88. The molecule has 1 aliphatic rings. The number of aromatic nitrogens is 2. The monoisotopic (exact) mass is 376 g/mol. The largest absolute Gasteiger partial charge is 0.494 e. The average molecular weight is 376 g/mol. The third-order valence-corrected chi connectivity index (χ3v) is 4.28. The van der Waals surface area contributed by atoms with E-state index < -0.39 is 18.4 Å². The Morgan fingerprint density at radius 3 is 2.89 bits per heavy atom. The highest BCUT2D eigenvalue weighted by Crippen LogP contribution is 2.28. The molecule has 0 unspecified atom stereocenters. The lowest BCUT2D eigenvalue weighted by molar-refractivity contribution is -0.0561. The maximum absolute atomic E-state index is 13.7. The first-order chi connectivity index (χ1) is 12.9. The Hall–Kier alpha value is -2.77. The topological polar surface area (TPSA) is 67.3 Å². The van der Waals surface area contributed by atoms with E-state index in [0.717, 1.165) is 0 Å². The predicted octanol–water partition coefficient (Wildman–Crippen LogP) is 3.80. The summed E-state index contributed by atoms with van der Waals surface area (Å²) >= 11 is 0. The molecule has 1 amide bonds. The number of likely N-dealkylation sites (tertiary alicyclic amines) is 1. The number of carbonyl (C=O) groups is 1. The van der Waals surface area contributed by atoms with E-state index in [-0.39, 0.29) is 18.5 Å². The molecule has 0 aromatic carbocycles. The van der Waals surface area contributed by atoms with Gasteiger partial charge in [-0.2, -0.15) is 0 Å². The Kier molecular flexibility index (Phi) is 5.53. The van der Waals surface area contributed by atoms with Crippen LogP contribution in [0.15, 0.2) is 30.5 Å². The number of aryl methyl sites for hydroxylation is 1. The fraction of sp³-hybridized carbons (Fsp3) is 0.421. The highest BCUT2D eigenvalue weighted by atomic mass is 19.3. The van der Waals surface area contributed by atoms with Gasteiger partial charge in [-0.15, -0.1) is 0 Å². The van der Waals surface area contributed by atoms with Crippen molar-refractivity contribution in [1.82, 2.24) is 14.9 Å². The molecule has 1 fully saturated rings. The molecule has 0 saturated carbocycles. The summed E-state index contributed by atoms with van der Waals surface area (Å²) in [5.74, 6) is -1.74. The van der Waals surface area contributed by atoms with Gasteiger partial charge in [-0.3, -0.25) is 4.79 Å². The summed E-state index contributed by atoms with van der Waals surface area (Å²) in [5, 5.41) is 3.02. The van der Waals surface area contributed by atoms with E-state index in [1.54, 1.807) is 37.4 Å². The third kappa shape index (κ3) is 4.69. The van der Waals surface area contributed by atoms with Gasteiger partial charge in [0.05, 0.1) is 13.2 Å². The van der Waals surface area contributed by atoms with Crippen LogP contribution in [0.2, 0.25) is 0 Å². The quantitative estimate of drug-likeness (QED) is 0.860. The molecular weight excluding hydrogens is 354 g/mol. The molecular formula is C19H22F2N4O2. The molecule has 0 atom stereocenters. The predicted molar refractivity (Wildman–Crippen MR) is 97.7 cm³/mol. The maximum atomic E-state index is 13.7. The minimum atomic E-state index is -2.85. The van der Waals surface area contributed by atoms with E-state index >= 15 is 0 Å². The molecule has 2 aromatic rings. The SMILES string of the molecule is CCOc1ccnc(Nc2ccc(C)c(C(=O)N3CCCC(F)(F)C3)n2)c1. The lowest BCUT2D eigenvalue weighted by atomic mass is 10.1. The number of piperidine rings is 1. The molecule has 1 N–H and O–H groups in total. The number of anilines is 2. The van der Waals surface area contributed by atoms with Crippen LogP contribution in [0.3, 0.4) is 0 Å². The normalized spacial score (nSPS) is 16.1. The summed E-state index contributed by atoms with van der Waals surface area (Å²) in [5.41, 5.74) is 0.800. The van der Waals surface area contributed by atoms with Crippen molar-refractivity contribution in [2.45, 2.75) is 32.6 Å². The Labute approximate surface area is 156 Å². The molecule has 0 radical (unpaired) electrons. The summed E-state index contributed by atoms with van der Waals surface area (Å²) in [4.78, 5) is 22.4. The summed E-state index contributed by atoms with van der Waals surface area (Å²) in [6.45, 7) is 3.90. The van der Waals surface area contributed by atoms with Crippen LogP contribution in [0.1, 0.15) is 35.8 Å². The molecule has 6 nitrogen and oxygen atoms in total. The molecule has 1 saturated heterocycles. The van der Waals surface area contributed by atoms with Gasteiger partial charge in [0.15, 0.2) is 0 Å². The Morgan fingerprint density at radius 2 is 2.15 bits per heavy atom. The van der Waals surface area contributed by atoms with Gasteiger partial charge in [-0.1, -0.05) is 6.07 Å². The zero-order chi connectivity index (χ0) is 19.4. The molecule has 3 heterocycles. The van der Waals surface area contributed by atoms with Gasteiger partial charge in [0.1, 0.15) is 23.1 Å². The van der Waals surface area contributed by atoms with Crippen LogP contribution < -0.4 is 10.1 Å². The standard InChI is InChI=1S/C19H22F2N4O2/c1-3-27-14-7-9-22-16(11-14)23-15-6-5-13(2)17(24-15)18(26)25-10-4-8-19(20,21)12-25/h5-7,9,11H,3-4,8,10,12H2,1-2H3,(H,22,23,24). The van der Waals surface area contributed by atoms with Gasteiger partial charge in [0.25, 0.3) is 11.8 Å². The second kappa shape index (κ2) is 7.85. The van der Waals surface area contributed by atoms with E-state index in [0.29, 0.717) is 36.1 Å². The van der Waals surface area contributed by atoms with Gasteiger partial charge >= 0.3 is 0 Å². The number of carbonyl (C=O) groups excluding carboxylic acids is 1. The first-order valence-corrected chi connectivity index (χ1v) is 8.88. The minimum Gasteiger partial charge on any atom is -0.494 e. The molecule has 1 aliphatic heterocycles. The van der Waals surface area contributed by atoms with E-state index in [1.165, 1.54) is 4.90 Å². The van der Waals surface area contributed by atoms with Crippen LogP contribution in [-0.2, 0) is 0 Å². The van der Waals surface area contributed by atoms with Gasteiger partial charge in [0, 0.05) is 25.2 Å². The van der Waals surface area contributed by atoms with E-state index in [1.807, 2.05) is 6.92 Å². The van der Waals surface area contributed by atoms with Crippen molar-refractivity contribution < 1.29 is 18.3 Å². The lowest BCUT2D eigenvalue weighted by Gasteiger charge is -2.32. The molecule has 8 heteroatoms. The third-order valence-electron chi connectivity index (χ3n) is 4.28. The molecule has 0 aliphatic carbocycles. The fourth-order valence-electron chi connectivity index (χ4n) is 2.97. The van der Waals surface area contributed by atoms with Gasteiger partial charge in [0.2, 0.25) is 0 Å². The number of hydrogen-bond donors (Lipinski definition) is 1. The van der Waals surface area contributed by atoms with Gasteiger partial charge < -0.3 is 15.0 Å². The zero-order valence-electron chi connectivity index (χ0n) is 15.3. The van der Waals surface area contributed by atoms with Crippen LogP contribution in [-0.4, -0.2) is 46.4 Å². The number of ether oxygens (including phenoxy) is 1. The Bertz CT molecular complexity index is 829. The first kappa shape index (κ1) is 19.0. The van der Waals surface area contributed by atoms with E-state index in [4.69, 9.17) is 4.74 Å². The number of pyridine rings is 2. The number of amides is 1. The molecule has 0 bridgehead atoms. The van der Waals surface area contributed by atoms with Gasteiger partial charge in [-0.25, -0.2) is 18.7 Å². The minimum absolute atomic E-state index is 0.165. The number of nitrogens with zero attached hydrogens (tertiary/aromatic N) is 3.